The van der Waals surface area contributed by atoms with Crippen molar-refractivity contribution in [2.45, 2.75) is 32.3 Å². The van der Waals surface area contributed by atoms with Gasteiger partial charge in [-0.1, -0.05) is 42.5 Å². The van der Waals surface area contributed by atoms with Crippen molar-refractivity contribution in [1.82, 2.24) is 4.98 Å². The second kappa shape index (κ2) is 5.45. The van der Waals surface area contributed by atoms with Crippen molar-refractivity contribution < 1.29 is 4.74 Å². The van der Waals surface area contributed by atoms with Crippen molar-refractivity contribution in [3.63, 3.8) is 0 Å². The van der Waals surface area contributed by atoms with E-state index in [-0.39, 0.29) is 0 Å². The van der Waals surface area contributed by atoms with Crippen LogP contribution in [0.5, 0.6) is 5.75 Å². The van der Waals surface area contributed by atoms with Gasteiger partial charge < -0.3 is 4.74 Å². The number of ether oxygens (including phenoxy) is 1. The Kier molecular flexibility index (Phi) is 3.30. The maximum atomic E-state index is 6.23. The molecule has 22 heavy (non-hydrogen) atoms. The molecule has 0 aliphatic heterocycles. The third kappa shape index (κ3) is 2.45. The predicted molar refractivity (Wildman–Crippen MR) is 89.2 cm³/mol. The zero-order chi connectivity index (χ0) is 14.9. The lowest BCUT2D eigenvalue weighted by Crippen LogP contribution is -2.00. The van der Waals surface area contributed by atoms with E-state index < -0.39 is 0 Å². The van der Waals surface area contributed by atoms with Gasteiger partial charge in [-0.05, 0) is 48.4 Å². The SMILES string of the molecule is Cc1ccnc2c(OCc3ccccc3)c(C3CC3)ccc12. The second-order valence-electron chi connectivity index (χ2n) is 6.06. The molecule has 0 amide bonds. The van der Waals surface area contributed by atoms with Crippen LogP contribution >= 0.6 is 0 Å². The molecule has 2 heteroatoms. The molecule has 110 valence electrons. The summed E-state index contributed by atoms with van der Waals surface area (Å²) in [4.78, 5) is 4.60. The van der Waals surface area contributed by atoms with Crippen LogP contribution in [0.25, 0.3) is 10.9 Å². The molecule has 2 aromatic carbocycles. The van der Waals surface area contributed by atoms with Gasteiger partial charge in [0.25, 0.3) is 0 Å². The van der Waals surface area contributed by atoms with Gasteiger partial charge in [-0.25, -0.2) is 0 Å². The molecule has 0 bridgehead atoms. The number of aryl methyl sites for hydroxylation is 1. The van der Waals surface area contributed by atoms with Crippen molar-refractivity contribution in [3.8, 4) is 5.75 Å². The van der Waals surface area contributed by atoms with Crippen LogP contribution < -0.4 is 4.74 Å². The first kappa shape index (κ1) is 13.3. The fourth-order valence-corrected chi connectivity index (χ4v) is 2.94. The van der Waals surface area contributed by atoms with Crippen molar-refractivity contribution in [2.75, 3.05) is 0 Å². The molecular weight excluding hydrogens is 270 g/mol. The molecule has 2 nitrogen and oxygen atoms in total. The number of nitrogens with zero attached hydrogens (tertiary/aromatic N) is 1. The fourth-order valence-electron chi connectivity index (χ4n) is 2.94. The first-order chi connectivity index (χ1) is 10.8. The van der Waals surface area contributed by atoms with E-state index in [9.17, 15) is 0 Å². The number of fused-ring (bicyclic) bond motifs is 1. The Morgan fingerprint density at radius 2 is 1.86 bits per heavy atom. The predicted octanol–water partition coefficient (Wildman–Crippen LogP) is 5.00. The van der Waals surface area contributed by atoms with E-state index in [4.69, 9.17) is 4.74 Å². The Balaban J connectivity index is 1.76. The summed E-state index contributed by atoms with van der Waals surface area (Å²) >= 11 is 0. The lowest BCUT2D eigenvalue weighted by molar-refractivity contribution is 0.306. The van der Waals surface area contributed by atoms with Gasteiger partial charge in [0.2, 0.25) is 0 Å². The second-order valence-corrected chi connectivity index (χ2v) is 6.06. The summed E-state index contributed by atoms with van der Waals surface area (Å²) in [7, 11) is 0. The number of rotatable bonds is 4. The molecule has 1 aliphatic carbocycles. The molecule has 3 aromatic rings. The highest BCUT2D eigenvalue weighted by Crippen LogP contribution is 2.46. The minimum absolute atomic E-state index is 0.593. The van der Waals surface area contributed by atoms with Crippen LogP contribution in [0, 0.1) is 6.92 Å². The average Bonchev–Trinajstić information content (AvgIpc) is 3.39. The van der Waals surface area contributed by atoms with Gasteiger partial charge in [0.15, 0.2) is 0 Å². The van der Waals surface area contributed by atoms with E-state index in [1.54, 1.807) is 0 Å². The molecule has 4 rings (SSSR count). The molecule has 0 saturated heterocycles. The summed E-state index contributed by atoms with van der Waals surface area (Å²) in [5, 5.41) is 1.19. The van der Waals surface area contributed by atoms with Gasteiger partial charge in [-0.3, -0.25) is 4.98 Å². The van der Waals surface area contributed by atoms with Crippen LogP contribution in [0.4, 0.5) is 0 Å². The molecule has 1 aromatic heterocycles. The minimum atomic E-state index is 0.593. The monoisotopic (exact) mass is 289 g/mol. The highest BCUT2D eigenvalue weighted by molar-refractivity contribution is 5.88. The molecule has 0 N–H and O–H groups in total. The smallest absolute Gasteiger partial charge is 0.149 e. The molecule has 0 radical (unpaired) electrons. The lowest BCUT2D eigenvalue weighted by Gasteiger charge is -2.14. The average molecular weight is 289 g/mol. The van der Waals surface area contributed by atoms with E-state index in [0.717, 1.165) is 11.3 Å². The van der Waals surface area contributed by atoms with E-state index >= 15 is 0 Å². The first-order valence-electron chi connectivity index (χ1n) is 7.88. The van der Waals surface area contributed by atoms with Gasteiger partial charge in [-0.15, -0.1) is 0 Å². The Morgan fingerprint density at radius 3 is 2.64 bits per heavy atom. The van der Waals surface area contributed by atoms with E-state index in [1.807, 2.05) is 24.4 Å². The van der Waals surface area contributed by atoms with Gasteiger partial charge in [0, 0.05) is 11.6 Å². The molecular formula is C20H19NO. The number of pyridine rings is 1. The summed E-state index contributed by atoms with van der Waals surface area (Å²) < 4.78 is 6.23. The third-order valence-electron chi connectivity index (χ3n) is 4.36. The standard InChI is InChI=1S/C20H19NO/c1-14-11-12-21-19-17(14)9-10-18(16-7-8-16)20(19)22-13-15-5-3-2-4-6-15/h2-6,9-12,16H,7-8,13H2,1H3. The number of hydrogen-bond acceptors (Lipinski definition) is 2. The Hall–Kier alpha value is -2.35. The highest BCUT2D eigenvalue weighted by Gasteiger charge is 2.28. The summed E-state index contributed by atoms with van der Waals surface area (Å²) in [5.74, 6) is 1.63. The van der Waals surface area contributed by atoms with E-state index in [0.29, 0.717) is 12.5 Å². The highest BCUT2D eigenvalue weighted by atomic mass is 16.5. The quantitative estimate of drug-likeness (QED) is 0.674. The molecule has 1 heterocycles. The summed E-state index contributed by atoms with van der Waals surface area (Å²) in [6.45, 7) is 2.72. The number of aromatic nitrogens is 1. The molecule has 0 spiro atoms. The Morgan fingerprint density at radius 1 is 1.05 bits per heavy atom. The number of benzene rings is 2. The van der Waals surface area contributed by atoms with Gasteiger partial charge in [0.1, 0.15) is 17.9 Å². The fraction of sp³-hybridized carbons (Fsp3) is 0.250. The van der Waals surface area contributed by atoms with Crippen LogP contribution in [0.15, 0.2) is 54.7 Å². The van der Waals surface area contributed by atoms with Crippen molar-refractivity contribution in [3.05, 3.63) is 71.4 Å². The van der Waals surface area contributed by atoms with Gasteiger partial charge >= 0.3 is 0 Å². The Bertz CT molecular complexity index is 807. The van der Waals surface area contributed by atoms with Gasteiger partial charge in [0.05, 0.1) is 0 Å². The summed E-state index contributed by atoms with van der Waals surface area (Å²) in [5.41, 5.74) is 4.76. The molecule has 1 fully saturated rings. The van der Waals surface area contributed by atoms with E-state index in [2.05, 4.69) is 42.2 Å². The van der Waals surface area contributed by atoms with Crippen LogP contribution in [0.3, 0.4) is 0 Å². The normalized spacial score (nSPS) is 14.2. The molecule has 0 atom stereocenters. The largest absolute Gasteiger partial charge is 0.486 e. The first-order valence-corrected chi connectivity index (χ1v) is 7.88. The molecule has 1 aliphatic rings. The van der Waals surface area contributed by atoms with Crippen LogP contribution in [-0.2, 0) is 6.61 Å². The van der Waals surface area contributed by atoms with Gasteiger partial charge in [-0.2, -0.15) is 0 Å². The summed E-state index contributed by atoms with van der Waals surface area (Å²) in [6, 6.07) is 16.8. The maximum Gasteiger partial charge on any atom is 0.149 e. The van der Waals surface area contributed by atoms with E-state index in [1.165, 1.54) is 34.9 Å². The van der Waals surface area contributed by atoms with Crippen molar-refractivity contribution in [2.24, 2.45) is 0 Å². The van der Waals surface area contributed by atoms with Crippen molar-refractivity contribution >= 4 is 10.9 Å². The molecule has 0 unspecified atom stereocenters. The van der Waals surface area contributed by atoms with Crippen LogP contribution in [0.1, 0.15) is 35.4 Å². The topological polar surface area (TPSA) is 22.1 Å². The Labute approximate surface area is 130 Å². The number of hydrogen-bond donors (Lipinski definition) is 0. The minimum Gasteiger partial charge on any atom is -0.486 e. The van der Waals surface area contributed by atoms with Crippen LogP contribution in [0.2, 0.25) is 0 Å². The van der Waals surface area contributed by atoms with Crippen molar-refractivity contribution in [1.29, 1.82) is 0 Å². The maximum absolute atomic E-state index is 6.23. The zero-order valence-electron chi connectivity index (χ0n) is 12.8. The lowest BCUT2D eigenvalue weighted by atomic mass is 10.0. The third-order valence-corrected chi connectivity index (χ3v) is 4.36. The zero-order valence-corrected chi connectivity index (χ0v) is 12.8. The van der Waals surface area contributed by atoms with Crippen LogP contribution in [-0.4, -0.2) is 4.98 Å². The molecule has 1 saturated carbocycles. The summed E-state index contributed by atoms with van der Waals surface area (Å²) in [6.07, 6.45) is 4.40.